The van der Waals surface area contributed by atoms with E-state index in [-0.39, 0.29) is 30.2 Å². The Kier molecular flexibility index (Phi) is 6.79. The molecule has 1 heterocycles. The summed E-state index contributed by atoms with van der Waals surface area (Å²) in [5.74, 6) is 0.576. The quantitative estimate of drug-likeness (QED) is 0.614. The fourth-order valence-electron chi connectivity index (χ4n) is 2.90. The zero-order valence-electron chi connectivity index (χ0n) is 16.7. The maximum Gasteiger partial charge on any atom is 0.266 e. The Balaban J connectivity index is 1.65. The highest BCUT2D eigenvalue weighted by molar-refractivity contribution is 5.90. The summed E-state index contributed by atoms with van der Waals surface area (Å²) < 4.78 is 24.8. The van der Waals surface area contributed by atoms with Gasteiger partial charge in [-0.3, -0.25) is 9.59 Å². The first kappa shape index (κ1) is 21.0. The number of amides is 1. The lowest BCUT2D eigenvalue weighted by molar-refractivity contribution is -0.116. The number of nitrogens with zero attached hydrogens (tertiary/aromatic N) is 2. The number of aromatic nitrogens is 2. The molecule has 1 N–H and O–H groups in total. The van der Waals surface area contributed by atoms with Gasteiger partial charge in [0.2, 0.25) is 5.91 Å². The number of hydrogen-bond donors (Lipinski definition) is 1. The van der Waals surface area contributed by atoms with Crippen LogP contribution in [0.3, 0.4) is 0 Å². The van der Waals surface area contributed by atoms with Gasteiger partial charge in [0.25, 0.3) is 5.56 Å². The highest BCUT2D eigenvalue weighted by Gasteiger charge is 2.09. The second-order valence-corrected chi connectivity index (χ2v) is 6.51. The van der Waals surface area contributed by atoms with Crippen molar-refractivity contribution in [2.24, 2.45) is 0 Å². The first-order valence-electron chi connectivity index (χ1n) is 9.36. The van der Waals surface area contributed by atoms with E-state index in [1.165, 1.54) is 35.0 Å². The third-order valence-corrected chi connectivity index (χ3v) is 4.45. The third-order valence-electron chi connectivity index (χ3n) is 4.45. The molecule has 0 saturated carbocycles. The van der Waals surface area contributed by atoms with Gasteiger partial charge in [-0.25, -0.2) is 9.07 Å². The van der Waals surface area contributed by atoms with Crippen LogP contribution in [-0.2, 0) is 11.3 Å². The van der Waals surface area contributed by atoms with Gasteiger partial charge in [-0.2, -0.15) is 5.10 Å². The van der Waals surface area contributed by atoms with Crippen molar-refractivity contribution in [2.75, 3.05) is 19.5 Å². The van der Waals surface area contributed by atoms with Crippen LogP contribution < -0.4 is 20.3 Å². The molecule has 156 valence electrons. The number of nitrogens with one attached hydrogen (secondary N) is 1. The topological polar surface area (TPSA) is 82.5 Å². The van der Waals surface area contributed by atoms with Crippen LogP contribution in [0.25, 0.3) is 11.3 Å². The zero-order chi connectivity index (χ0) is 21.5. The van der Waals surface area contributed by atoms with Gasteiger partial charge in [0, 0.05) is 30.3 Å². The minimum Gasteiger partial charge on any atom is -0.493 e. The summed E-state index contributed by atoms with van der Waals surface area (Å²) in [6, 6.07) is 14.0. The summed E-state index contributed by atoms with van der Waals surface area (Å²) in [5.41, 5.74) is 1.65. The number of methoxy groups -OCH3 is 2. The average Bonchev–Trinajstić information content (AvgIpc) is 2.76. The van der Waals surface area contributed by atoms with Gasteiger partial charge < -0.3 is 14.8 Å². The van der Waals surface area contributed by atoms with Crippen LogP contribution in [-0.4, -0.2) is 29.9 Å². The molecule has 0 spiro atoms. The SMILES string of the molecule is COc1ccc(-c2ccc(=O)n(CCCC(=O)Nc3ccc(F)cc3)n2)cc1OC. The molecule has 0 fully saturated rings. The van der Waals surface area contributed by atoms with Gasteiger partial charge in [0.15, 0.2) is 11.5 Å². The normalized spacial score (nSPS) is 10.5. The lowest BCUT2D eigenvalue weighted by Gasteiger charge is -2.11. The summed E-state index contributed by atoms with van der Waals surface area (Å²) in [6.07, 6.45) is 0.626. The molecule has 7 nitrogen and oxygen atoms in total. The molecule has 0 aliphatic carbocycles. The maximum atomic E-state index is 12.9. The second kappa shape index (κ2) is 9.69. The van der Waals surface area contributed by atoms with E-state index in [1.807, 2.05) is 6.07 Å². The third kappa shape index (κ3) is 5.22. The summed E-state index contributed by atoms with van der Waals surface area (Å²) in [4.78, 5) is 24.2. The molecule has 0 aliphatic heterocycles. The number of benzene rings is 2. The van der Waals surface area contributed by atoms with Gasteiger partial charge in [-0.1, -0.05) is 0 Å². The molecule has 0 aliphatic rings. The number of rotatable bonds is 8. The molecule has 8 heteroatoms. The average molecular weight is 411 g/mol. The molecule has 1 aromatic heterocycles. The molecule has 30 heavy (non-hydrogen) atoms. The van der Waals surface area contributed by atoms with E-state index in [1.54, 1.807) is 32.4 Å². The van der Waals surface area contributed by atoms with E-state index < -0.39 is 0 Å². The van der Waals surface area contributed by atoms with E-state index in [4.69, 9.17) is 9.47 Å². The zero-order valence-corrected chi connectivity index (χ0v) is 16.7. The molecule has 0 unspecified atom stereocenters. The predicted molar refractivity (Wildman–Crippen MR) is 111 cm³/mol. The van der Waals surface area contributed by atoms with Crippen molar-refractivity contribution in [1.82, 2.24) is 9.78 Å². The van der Waals surface area contributed by atoms with Crippen molar-refractivity contribution >= 4 is 11.6 Å². The van der Waals surface area contributed by atoms with Crippen molar-refractivity contribution in [3.8, 4) is 22.8 Å². The predicted octanol–water partition coefficient (Wildman–Crippen LogP) is 3.49. The summed E-state index contributed by atoms with van der Waals surface area (Å²) in [5, 5.41) is 7.09. The summed E-state index contributed by atoms with van der Waals surface area (Å²) in [7, 11) is 3.11. The Labute approximate surface area is 173 Å². The van der Waals surface area contributed by atoms with E-state index in [2.05, 4.69) is 10.4 Å². The molecule has 2 aromatic carbocycles. The molecular weight excluding hydrogens is 389 g/mol. The van der Waals surface area contributed by atoms with Crippen LogP contribution in [0.1, 0.15) is 12.8 Å². The van der Waals surface area contributed by atoms with Gasteiger partial charge in [0.05, 0.1) is 19.9 Å². The van der Waals surface area contributed by atoms with E-state index in [9.17, 15) is 14.0 Å². The highest BCUT2D eigenvalue weighted by atomic mass is 19.1. The van der Waals surface area contributed by atoms with Crippen molar-refractivity contribution in [3.63, 3.8) is 0 Å². The van der Waals surface area contributed by atoms with Gasteiger partial charge in [-0.05, 0) is 55.0 Å². The Morgan fingerprint density at radius 1 is 1.03 bits per heavy atom. The van der Waals surface area contributed by atoms with Crippen LogP contribution in [0.5, 0.6) is 11.5 Å². The van der Waals surface area contributed by atoms with Crippen LogP contribution in [0.4, 0.5) is 10.1 Å². The van der Waals surface area contributed by atoms with Gasteiger partial charge >= 0.3 is 0 Å². The smallest absolute Gasteiger partial charge is 0.266 e. The number of anilines is 1. The Morgan fingerprint density at radius 3 is 2.47 bits per heavy atom. The largest absolute Gasteiger partial charge is 0.493 e. The maximum absolute atomic E-state index is 12.9. The molecule has 0 atom stereocenters. The molecule has 0 bridgehead atoms. The first-order chi connectivity index (χ1) is 14.5. The fraction of sp³-hybridized carbons (Fsp3) is 0.227. The summed E-state index contributed by atoms with van der Waals surface area (Å²) in [6.45, 7) is 0.288. The first-order valence-corrected chi connectivity index (χ1v) is 9.36. The Morgan fingerprint density at radius 2 is 1.77 bits per heavy atom. The monoisotopic (exact) mass is 411 g/mol. The molecular formula is C22H22FN3O4. The van der Waals surface area contributed by atoms with Crippen molar-refractivity contribution in [3.05, 3.63) is 70.8 Å². The van der Waals surface area contributed by atoms with Crippen molar-refractivity contribution < 1.29 is 18.7 Å². The lowest BCUT2D eigenvalue weighted by atomic mass is 10.1. The van der Waals surface area contributed by atoms with E-state index in [0.29, 0.717) is 29.3 Å². The number of carbonyl (C=O) groups is 1. The fourth-order valence-corrected chi connectivity index (χ4v) is 2.90. The number of ether oxygens (including phenoxy) is 2. The van der Waals surface area contributed by atoms with Crippen LogP contribution in [0, 0.1) is 5.82 Å². The Bertz CT molecular complexity index is 1080. The standard InChI is InChI=1S/C22H22FN3O4/c1-29-19-11-5-15(14-20(19)30-2)18-10-12-22(28)26(25-18)13-3-4-21(27)24-17-8-6-16(23)7-9-17/h5-12,14H,3-4,13H2,1-2H3,(H,24,27). The minimum absolute atomic E-state index is 0.200. The second-order valence-electron chi connectivity index (χ2n) is 6.51. The lowest BCUT2D eigenvalue weighted by Crippen LogP contribution is -2.23. The number of carbonyl (C=O) groups excluding carboxylic acids is 1. The summed E-state index contributed by atoms with van der Waals surface area (Å²) >= 11 is 0. The van der Waals surface area contributed by atoms with Crippen molar-refractivity contribution in [1.29, 1.82) is 0 Å². The number of aryl methyl sites for hydroxylation is 1. The van der Waals surface area contributed by atoms with Crippen LogP contribution in [0.2, 0.25) is 0 Å². The highest BCUT2D eigenvalue weighted by Crippen LogP contribution is 2.31. The Hall–Kier alpha value is -3.68. The van der Waals surface area contributed by atoms with Gasteiger partial charge in [-0.15, -0.1) is 0 Å². The molecule has 3 aromatic rings. The van der Waals surface area contributed by atoms with Crippen LogP contribution >= 0.6 is 0 Å². The van der Waals surface area contributed by atoms with Gasteiger partial charge in [0.1, 0.15) is 5.82 Å². The van der Waals surface area contributed by atoms with Crippen molar-refractivity contribution in [2.45, 2.75) is 19.4 Å². The van der Waals surface area contributed by atoms with E-state index in [0.717, 1.165) is 5.56 Å². The molecule has 0 radical (unpaired) electrons. The molecule has 1 amide bonds. The van der Waals surface area contributed by atoms with Crippen LogP contribution in [0.15, 0.2) is 59.4 Å². The molecule has 0 saturated heterocycles. The van der Waals surface area contributed by atoms with E-state index >= 15 is 0 Å². The molecule has 3 rings (SSSR count). The minimum atomic E-state index is -0.368. The number of hydrogen-bond acceptors (Lipinski definition) is 5. The number of halogens is 1.